The molecule has 0 radical (unpaired) electrons. The molecule has 1 aliphatic heterocycles. The number of carbonyl (C=O) groups excluding carboxylic acids is 1. The van der Waals surface area contributed by atoms with Crippen molar-refractivity contribution in [2.45, 2.75) is 31.8 Å². The van der Waals surface area contributed by atoms with E-state index in [2.05, 4.69) is 0 Å². The Hall–Kier alpha value is -2.61. The highest BCUT2D eigenvalue weighted by Gasteiger charge is 2.30. The van der Waals surface area contributed by atoms with Gasteiger partial charge in [-0.3, -0.25) is 5.01 Å². The molecule has 2 unspecified atom stereocenters. The van der Waals surface area contributed by atoms with Crippen LogP contribution >= 0.6 is 0 Å². The van der Waals surface area contributed by atoms with E-state index in [1.807, 2.05) is 30.3 Å². The van der Waals surface area contributed by atoms with E-state index in [4.69, 9.17) is 25.8 Å². The number of hydrazine groups is 1. The lowest BCUT2D eigenvalue weighted by molar-refractivity contribution is -0.0203. The summed E-state index contributed by atoms with van der Waals surface area (Å²) in [7, 11) is 1.31. The average Bonchev–Trinajstić information content (AvgIpc) is 3.17. The summed E-state index contributed by atoms with van der Waals surface area (Å²) in [6.07, 6.45) is 1.22. The number of hydrogen-bond donors (Lipinski definition) is 2. The molecule has 0 aromatic heterocycles. The minimum atomic E-state index is -0.498. The van der Waals surface area contributed by atoms with Gasteiger partial charge in [0, 0.05) is 0 Å². The molecule has 0 bridgehead atoms. The van der Waals surface area contributed by atoms with Crippen LogP contribution in [-0.4, -0.2) is 32.0 Å². The Morgan fingerprint density at radius 1 is 1.19 bits per heavy atom. The summed E-state index contributed by atoms with van der Waals surface area (Å²) in [6.45, 7) is 1.04. The van der Waals surface area contributed by atoms with Crippen LogP contribution in [0, 0.1) is 0 Å². The van der Waals surface area contributed by atoms with Crippen LogP contribution in [0.15, 0.2) is 48.5 Å². The molecule has 3 rings (SSSR count). The molecule has 144 valence electrons. The second-order valence-electron chi connectivity index (χ2n) is 6.43. The average molecular weight is 371 g/mol. The molecular formula is C20H25N3O4. The number of nitrogens with two attached hydrogens (primary N) is 2. The predicted octanol–water partition coefficient (Wildman–Crippen LogP) is 2.46. The van der Waals surface area contributed by atoms with Crippen molar-refractivity contribution in [2.75, 3.05) is 24.5 Å². The van der Waals surface area contributed by atoms with Crippen molar-refractivity contribution in [3.63, 3.8) is 0 Å². The monoisotopic (exact) mass is 371 g/mol. The first kappa shape index (κ1) is 19.2. The quantitative estimate of drug-likeness (QED) is 0.334. The van der Waals surface area contributed by atoms with Crippen LogP contribution in [0.1, 0.15) is 28.8 Å². The van der Waals surface area contributed by atoms with E-state index in [1.165, 1.54) is 12.1 Å². The Morgan fingerprint density at radius 2 is 1.96 bits per heavy atom. The summed E-state index contributed by atoms with van der Waals surface area (Å²) in [5.41, 5.74) is 8.33. The number of benzene rings is 2. The third kappa shape index (κ3) is 4.57. The summed E-state index contributed by atoms with van der Waals surface area (Å²) in [6, 6.07) is 15.1. The fourth-order valence-electron chi connectivity index (χ4n) is 3.12. The second kappa shape index (κ2) is 8.85. The van der Waals surface area contributed by atoms with Crippen LogP contribution in [-0.2, 0) is 20.8 Å². The lowest BCUT2D eigenvalue weighted by atomic mass is 10.1. The van der Waals surface area contributed by atoms with Crippen LogP contribution in [0.4, 0.5) is 11.4 Å². The lowest BCUT2D eigenvalue weighted by Gasteiger charge is -2.27. The third-order valence-electron chi connectivity index (χ3n) is 4.58. The van der Waals surface area contributed by atoms with Crippen molar-refractivity contribution in [3.8, 4) is 0 Å². The van der Waals surface area contributed by atoms with E-state index in [9.17, 15) is 4.79 Å². The van der Waals surface area contributed by atoms with Crippen molar-refractivity contribution in [1.29, 1.82) is 0 Å². The summed E-state index contributed by atoms with van der Waals surface area (Å²) in [4.78, 5) is 11.8. The summed E-state index contributed by atoms with van der Waals surface area (Å²) in [5.74, 6) is 5.73. The number of esters is 1. The van der Waals surface area contributed by atoms with Gasteiger partial charge in [0.1, 0.15) is 6.23 Å². The molecule has 2 aromatic carbocycles. The van der Waals surface area contributed by atoms with Gasteiger partial charge in [-0.1, -0.05) is 36.4 Å². The highest BCUT2D eigenvalue weighted by Crippen LogP contribution is 2.31. The molecule has 0 spiro atoms. The van der Waals surface area contributed by atoms with Crippen molar-refractivity contribution < 1.29 is 19.0 Å². The number of nitrogens with zero attached hydrogens (tertiary/aromatic N) is 1. The van der Waals surface area contributed by atoms with E-state index < -0.39 is 5.97 Å². The van der Waals surface area contributed by atoms with Gasteiger partial charge in [0.2, 0.25) is 0 Å². The minimum Gasteiger partial charge on any atom is -0.465 e. The SMILES string of the molecule is COC(=O)c1cccc(N(N)C2CCC(COCc3ccccc3)O2)c1N. The van der Waals surface area contributed by atoms with Crippen molar-refractivity contribution in [1.82, 2.24) is 0 Å². The van der Waals surface area contributed by atoms with Crippen LogP contribution in [0.5, 0.6) is 0 Å². The molecule has 0 saturated carbocycles. The van der Waals surface area contributed by atoms with Crippen molar-refractivity contribution in [3.05, 3.63) is 59.7 Å². The van der Waals surface area contributed by atoms with Gasteiger partial charge in [0.15, 0.2) is 0 Å². The van der Waals surface area contributed by atoms with Gasteiger partial charge in [-0.2, -0.15) is 0 Å². The smallest absolute Gasteiger partial charge is 0.340 e. The zero-order valence-electron chi connectivity index (χ0n) is 15.3. The fourth-order valence-corrected chi connectivity index (χ4v) is 3.12. The Balaban J connectivity index is 1.56. The Kier molecular flexibility index (Phi) is 6.28. The highest BCUT2D eigenvalue weighted by molar-refractivity contribution is 5.98. The maximum atomic E-state index is 11.8. The van der Waals surface area contributed by atoms with Crippen molar-refractivity contribution >= 4 is 17.3 Å². The van der Waals surface area contributed by atoms with E-state index in [0.717, 1.165) is 18.4 Å². The van der Waals surface area contributed by atoms with Crippen molar-refractivity contribution in [2.24, 2.45) is 5.84 Å². The first-order valence-electron chi connectivity index (χ1n) is 8.88. The molecule has 1 aliphatic rings. The normalized spacial score (nSPS) is 19.0. The lowest BCUT2D eigenvalue weighted by Crippen LogP contribution is -2.42. The van der Waals surface area contributed by atoms with E-state index in [1.54, 1.807) is 18.2 Å². The van der Waals surface area contributed by atoms with Crippen LogP contribution in [0.25, 0.3) is 0 Å². The molecule has 0 aliphatic carbocycles. The van der Waals surface area contributed by atoms with Gasteiger partial charge < -0.3 is 19.9 Å². The predicted molar refractivity (Wildman–Crippen MR) is 103 cm³/mol. The molecule has 2 atom stereocenters. The fraction of sp³-hybridized carbons (Fsp3) is 0.350. The molecule has 4 N–H and O–H groups in total. The number of rotatable bonds is 7. The number of para-hydroxylation sites is 1. The number of methoxy groups -OCH3 is 1. The largest absolute Gasteiger partial charge is 0.465 e. The van der Waals surface area contributed by atoms with Crippen LogP contribution < -0.4 is 16.6 Å². The van der Waals surface area contributed by atoms with E-state index in [0.29, 0.717) is 18.9 Å². The Morgan fingerprint density at radius 3 is 2.70 bits per heavy atom. The zero-order chi connectivity index (χ0) is 19.2. The standard InChI is InChI=1S/C20H25N3O4/c1-25-20(24)16-8-5-9-17(19(16)21)23(22)18-11-10-15(27-18)13-26-12-14-6-3-2-4-7-14/h2-9,15,18H,10-13,21-22H2,1H3. The molecule has 1 heterocycles. The Bertz CT molecular complexity index is 769. The number of carbonyl (C=O) groups is 1. The molecule has 7 heteroatoms. The van der Waals surface area contributed by atoms with Crippen LogP contribution in [0.3, 0.4) is 0 Å². The zero-order valence-corrected chi connectivity index (χ0v) is 15.3. The maximum absolute atomic E-state index is 11.8. The third-order valence-corrected chi connectivity index (χ3v) is 4.58. The molecule has 1 saturated heterocycles. The van der Waals surface area contributed by atoms with Gasteiger partial charge in [0.25, 0.3) is 0 Å². The van der Waals surface area contributed by atoms with Gasteiger partial charge >= 0.3 is 5.97 Å². The Labute approximate surface area is 158 Å². The minimum absolute atomic E-state index is 0.0326. The first-order chi connectivity index (χ1) is 13.1. The number of nitrogen functional groups attached to an aromatic ring is 1. The molecular weight excluding hydrogens is 346 g/mol. The summed E-state index contributed by atoms with van der Waals surface area (Å²) < 4.78 is 16.5. The maximum Gasteiger partial charge on any atom is 0.340 e. The first-order valence-corrected chi connectivity index (χ1v) is 8.88. The molecule has 0 amide bonds. The topological polar surface area (TPSA) is 100 Å². The van der Waals surface area contributed by atoms with Gasteiger partial charge in [-0.15, -0.1) is 0 Å². The van der Waals surface area contributed by atoms with Gasteiger partial charge in [-0.25, -0.2) is 10.6 Å². The molecule has 1 fully saturated rings. The highest BCUT2D eigenvalue weighted by atomic mass is 16.6. The number of ether oxygens (including phenoxy) is 3. The molecule has 27 heavy (non-hydrogen) atoms. The van der Waals surface area contributed by atoms with Crippen LogP contribution in [0.2, 0.25) is 0 Å². The number of hydrogen-bond acceptors (Lipinski definition) is 7. The molecule has 7 nitrogen and oxygen atoms in total. The summed E-state index contributed by atoms with van der Waals surface area (Å²) >= 11 is 0. The second-order valence-corrected chi connectivity index (χ2v) is 6.43. The van der Waals surface area contributed by atoms with E-state index >= 15 is 0 Å². The summed E-state index contributed by atoms with van der Waals surface area (Å²) in [5, 5.41) is 1.47. The molecule has 2 aromatic rings. The van der Waals surface area contributed by atoms with E-state index in [-0.39, 0.29) is 23.6 Å². The van der Waals surface area contributed by atoms with Gasteiger partial charge in [-0.05, 0) is 30.5 Å². The van der Waals surface area contributed by atoms with Gasteiger partial charge in [0.05, 0.1) is 43.4 Å². The number of anilines is 2.